The van der Waals surface area contributed by atoms with Gasteiger partial charge in [-0.05, 0) is 18.1 Å². The zero-order chi connectivity index (χ0) is 17.9. The van der Waals surface area contributed by atoms with Crippen LogP contribution in [-0.4, -0.2) is 42.6 Å². The largest absolute Gasteiger partial charge is 0.495 e. The molecule has 0 spiro atoms. The van der Waals surface area contributed by atoms with Crippen LogP contribution in [0.25, 0.3) is 0 Å². The molecule has 1 aliphatic rings. The summed E-state index contributed by atoms with van der Waals surface area (Å²) in [7, 11) is 1.52. The molecule has 1 aromatic rings. The Hall–Kier alpha value is -2.57. The van der Waals surface area contributed by atoms with Crippen molar-refractivity contribution in [2.75, 3.05) is 18.6 Å². The van der Waals surface area contributed by atoms with E-state index in [1.54, 1.807) is 38.1 Å². The molecule has 7 heteroatoms. The fraction of sp³-hybridized carbons (Fsp3) is 0.471. The van der Waals surface area contributed by atoms with Gasteiger partial charge < -0.3 is 20.1 Å². The maximum atomic E-state index is 12.4. The van der Waals surface area contributed by atoms with Crippen LogP contribution in [0.4, 0.5) is 5.69 Å². The first-order valence-electron chi connectivity index (χ1n) is 7.81. The van der Waals surface area contributed by atoms with E-state index in [4.69, 9.17) is 4.74 Å². The third kappa shape index (κ3) is 3.67. The second-order valence-electron chi connectivity index (χ2n) is 6.15. The average molecular weight is 334 g/mol. The van der Waals surface area contributed by atoms with E-state index >= 15 is 0 Å². The summed E-state index contributed by atoms with van der Waals surface area (Å²) in [5, 5.41) is 11.7. The van der Waals surface area contributed by atoms with Gasteiger partial charge in [-0.25, -0.2) is 4.79 Å². The van der Waals surface area contributed by atoms with Gasteiger partial charge in [-0.15, -0.1) is 0 Å². The predicted octanol–water partition coefficient (Wildman–Crippen LogP) is 1.27. The molecular weight excluding hydrogens is 312 g/mol. The highest BCUT2D eigenvalue weighted by atomic mass is 16.5. The van der Waals surface area contributed by atoms with Crippen molar-refractivity contribution >= 4 is 23.5 Å². The van der Waals surface area contributed by atoms with Crippen LogP contribution < -0.4 is 15.0 Å². The number of carboxylic acid groups (broad SMARTS) is 1. The minimum Gasteiger partial charge on any atom is -0.495 e. The Bertz CT molecular complexity index is 644. The fourth-order valence-corrected chi connectivity index (χ4v) is 2.75. The van der Waals surface area contributed by atoms with E-state index in [9.17, 15) is 19.5 Å². The van der Waals surface area contributed by atoms with Crippen LogP contribution in [0.5, 0.6) is 5.75 Å². The minimum atomic E-state index is -1.08. The number of hydrogen-bond acceptors (Lipinski definition) is 4. The van der Waals surface area contributed by atoms with Crippen molar-refractivity contribution in [3.8, 4) is 5.75 Å². The van der Waals surface area contributed by atoms with Gasteiger partial charge in [-0.3, -0.25) is 9.59 Å². The van der Waals surface area contributed by atoms with Crippen LogP contribution in [0.3, 0.4) is 0 Å². The van der Waals surface area contributed by atoms with E-state index in [1.807, 2.05) is 0 Å². The molecule has 1 unspecified atom stereocenters. The molecule has 1 fully saturated rings. The monoisotopic (exact) mass is 334 g/mol. The van der Waals surface area contributed by atoms with Gasteiger partial charge in [0, 0.05) is 13.0 Å². The lowest BCUT2D eigenvalue weighted by Gasteiger charge is -2.21. The Balaban J connectivity index is 2.11. The van der Waals surface area contributed by atoms with E-state index in [-0.39, 0.29) is 24.8 Å². The maximum Gasteiger partial charge on any atom is 0.326 e. The first-order valence-corrected chi connectivity index (χ1v) is 7.81. The van der Waals surface area contributed by atoms with Crippen LogP contribution in [-0.2, 0) is 14.4 Å². The number of aliphatic carboxylic acids is 1. The van der Waals surface area contributed by atoms with Crippen molar-refractivity contribution in [3.63, 3.8) is 0 Å². The van der Waals surface area contributed by atoms with Crippen LogP contribution in [0.15, 0.2) is 24.3 Å². The summed E-state index contributed by atoms with van der Waals surface area (Å²) in [6, 6.07) is 6.12. The van der Waals surface area contributed by atoms with E-state index in [2.05, 4.69) is 5.32 Å². The third-order valence-corrected chi connectivity index (χ3v) is 4.10. The van der Waals surface area contributed by atoms with Crippen molar-refractivity contribution in [2.45, 2.75) is 26.3 Å². The SMILES string of the molecule is COc1ccccc1N1CC(C(=O)N[C@@H](C(=O)O)C(C)C)CC1=O. The summed E-state index contributed by atoms with van der Waals surface area (Å²) in [4.78, 5) is 37.4. The maximum absolute atomic E-state index is 12.4. The van der Waals surface area contributed by atoms with Gasteiger partial charge in [-0.2, -0.15) is 0 Å². The first kappa shape index (κ1) is 17.8. The lowest BCUT2D eigenvalue weighted by atomic mass is 10.0. The molecule has 2 rings (SSSR count). The van der Waals surface area contributed by atoms with Gasteiger partial charge >= 0.3 is 5.97 Å². The van der Waals surface area contributed by atoms with Gasteiger partial charge in [-0.1, -0.05) is 26.0 Å². The molecule has 0 aromatic heterocycles. The molecule has 2 atom stereocenters. The average Bonchev–Trinajstić information content (AvgIpc) is 2.93. The molecule has 0 saturated carbocycles. The van der Waals surface area contributed by atoms with E-state index in [0.717, 1.165) is 0 Å². The Morgan fingerprint density at radius 3 is 2.58 bits per heavy atom. The third-order valence-electron chi connectivity index (χ3n) is 4.10. The molecule has 2 N–H and O–H groups in total. The number of nitrogens with zero attached hydrogens (tertiary/aromatic N) is 1. The van der Waals surface area contributed by atoms with E-state index in [0.29, 0.717) is 11.4 Å². The number of hydrogen-bond donors (Lipinski definition) is 2. The molecule has 1 heterocycles. The van der Waals surface area contributed by atoms with Gasteiger partial charge in [0.2, 0.25) is 11.8 Å². The molecular formula is C17H22N2O5. The van der Waals surface area contributed by atoms with Crippen molar-refractivity contribution < 1.29 is 24.2 Å². The number of rotatable bonds is 6. The standard InChI is InChI=1S/C17H22N2O5/c1-10(2)15(17(22)23)18-16(21)11-8-14(20)19(9-11)12-6-4-5-7-13(12)24-3/h4-7,10-11,15H,8-9H2,1-3H3,(H,18,21)(H,22,23)/t11?,15-/m1/s1. The number of carboxylic acids is 1. The summed E-state index contributed by atoms with van der Waals surface area (Å²) in [6.45, 7) is 3.65. The summed E-state index contributed by atoms with van der Waals surface area (Å²) < 4.78 is 5.26. The second-order valence-corrected chi connectivity index (χ2v) is 6.15. The first-order chi connectivity index (χ1) is 11.3. The molecule has 0 bridgehead atoms. The Morgan fingerprint density at radius 1 is 1.33 bits per heavy atom. The molecule has 1 aliphatic heterocycles. The number of benzene rings is 1. The molecule has 7 nitrogen and oxygen atoms in total. The second kappa shape index (κ2) is 7.33. The quantitative estimate of drug-likeness (QED) is 0.817. The molecule has 1 saturated heterocycles. The zero-order valence-electron chi connectivity index (χ0n) is 14.0. The zero-order valence-corrected chi connectivity index (χ0v) is 14.0. The number of nitrogens with one attached hydrogen (secondary N) is 1. The number of ether oxygens (including phenoxy) is 1. The Morgan fingerprint density at radius 2 is 2.00 bits per heavy atom. The lowest BCUT2D eigenvalue weighted by Crippen LogP contribution is -2.47. The van der Waals surface area contributed by atoms with Crippen LogP contribution in [0.2, 0.25) is 0 Å². The summed E-state index contributed by atoms with van der Waals surface area (Å²) in [6.07, 6.45) is 0.0499. The van der Waals surface area contributed by atoms with Crippen LogP contribution in [0.1, 0.15) is 20.3 Å². The van der Waals surface area contributed by atoms with Crippen molar-refractivity contribution in [2.24, 2.45) is 11.8 Å². The smallest absolute Gasteiger partial charge is 0.326 e. The molecule has 2 amide bonds. The Labute approximate surface area is 140 Å². The van der Waals surface area contributed by atoms with Gasteiger partial charge in [0.05, 0.1) is 18.7 Å². The number of carbonyl (C=O) groups excluding carboxylic acids is 2. The number of amides is 2. The molecule has 0 radical (unpaired) electrons. The van der Waals surface area contributed by atoms with Gasteiger partial charge in [0.25, 0.3) is 0 Å². The van der Waals surface area contributed by atoms with Crippen molar-refractivity contribution in [1.82, 2.24) is 5.32 Å². The normalized spacial score (nSPS) is 18.6. The topological polar surface area (TPSA) is 95.9 Å². The summed E-state index contributed by atoms with van der Waals surface area (Å²) in [5.41, 5.74) is 0.610. The van der Waals surface area contributed by atoms with Crippen molar-refractivity contribution in [1.29, 1.82) is 0 Å². The van der Waals surface area contributed by atoms with Crippen LogP contribution >= 0.6 is 0 Å². The molecule has 0 aliphatic carbocycles. The lowest BCUT2D eigenvalue weighted by molar-refractivity contribution is -0.143. The highest BCUT2D eigenvalue weighted by molar-refractivity contribution is 6.01. The number of carbonyl (C=O) groups is 3. The fourth-order valence-electron chi connectivity index (χ4n) is 2.75. The molecule has 1 aromatic carbocycles. The highest BCUT2D eigenvalue weighted by Crippen LogP contribution is 2.32. The minimum absolute atomic E-state index is 0.0499. The van der Waals surface area contributed by atoms with Gasteiger partial charge in [0.1, 0.15) is 11.8 Å². The van der Waals surface area contributed by atoms with Crippen LogP contribution in [0, 0.1) is 11.8 Å². The summed E-state index contributed by atoms with van der Waals surface area (Å²) >= 11 is 0. The van der Waals surface area contributed by atoms with Gasteiger partial charge in [0.15, 0.2) is 0 Å². The predicted molar refractivity (Wildman–Crippen MR) is 87.9 cm³/mol. The molecule has 130 valence electrons. The number of anilines is 1. The van der Waals surface area contributed by atoms with Crippen molar-refractivity contribution in [3.05, 3.63) is 24.3 Å². The number of methoxy groups -OCH3 is 1. The number of para-hydroxylation sites is 2. The van der Waals surface area contributed by atoms with E-state index < -0.39 is 23.8 Å². The summed E-state index contributed by atoms with van der Waals surface area (Å²) in [5.74, 6) is -1.95. The molecule has 24 heavy (non-hydrogen) atoms. The van der Waals surface area contributed by atoms with E-state index in [1.165, 1.54) is 12.0 Å². The Kier molecular flexibility index (Phi) is 5.43. The highest BCUT2D eigenvalue weighted by Gasteiger charge is 2.37.